The van der Waals surface area contributed by atoms with E-state index in [0.717, 1.165) is 31.0 Å². The minimum atomic E-state index is -2.43. The molecule has 0 amide bonds. The van der Waals surface area contributed by atoms with Crippen LogP contribution in [0.3, 0.4) is 0 Å². The van der Waals surface area contributed by atoms with E-state index in [2.05, 4.69) is 0 Å². The summed E-state index contributed by atoms with van der Waals surface area (Å²) in [5.74, 6) is 2.16. The van der Waals surface area contributed by atoms with Crippen molar-refractivity contribution in [2.24, 2.45) is 0 Å². The second-order valence-electron chi connectivity index (χ2n) is 2.70. The highest BCUT2D eigenvalue weighted by Gasteiger charge is 2.14. The Hall–Kier alpha value is 0.260. The van der Waals surface area contributed by atoms with E-state index in [1.807, 2.05) is 11.8 Å². The van der Waals surface area contributed by atoms with Gasteiger partial charge in [-0.3, -0.25) is 0 Å². The van der Waals surface area contributed by atoms with Gasteiger partial charge in [0.15, 0.2) is 0 Å². The van der Waals surface area contributed by atoms with Crippen LogP contribution in [0.15, 0.2) is 0 Å². The molecular weight excluding hydrogens is 180 g/mol. The van der Waals surface area contributed by atoms with Gasteiger partial charge in [0.2, 0.25) is 0 Å². The molecule has 1 unspecified atom stereocenters. The number of hydrogen-bond acceptors (Lipinski definition) is 3. The molecule has 0 aromatic carbocycles. The highest BCUT2D eigenvalue weighted by Crippen LogP contribution is 2.12. The molecule has 0 bridgehead atoms. The Morgan fingerprint density at radius 2 is 2.18 bits per heavy atom. The molecule has 1 saturated heterocycles. The molecule has 0 radical (unpaired) electrons. The largest absolute Gasteiger partial charge is 0.240 e. The molecule has 1 heterocycles. The van der Waals surface area contributed by atoms with E-state index < -0.39 is 9.92 Å². The van der Waals surface area contributed by atoms with Crippen LogP contribution < -0.4 is 0 Å². The monoisotopic (exact) mass is 194 g/mol. The number of nitrogens with one attached hydrogen (secondary N) is 1. The van der Waals surface area contributed by atoms with Crippen molar-refractivity contribution in [3.8, 4) is 0 Å². The smallest absolute Gasteiger partial charge is 0.104 e. The lowest BCUT2D eigenvalue weighted by Gasteiger charge is -2.18. The van der Waals surface area contributed by atoms with Crippen molar-refractivity contribution < 1.29 is 4.21 Å². The maximum Gasteiger partial charge on any atom is 0.104 e. The fourth-order valence-electron chi connectivity index (χ4n) is 1.07. The summed E-state index contributed by atoms with van der Waals surface area (Å²) in [5.41, 5.74) is 0. The normalized spacial score (nSPS) is 27.4. The van der Waals surface area contributed by atoms with E-state index in [4.69, 9.17) is 4.78 Å². The van der Waals surface area contributed by atoms with Crippen LogP contribution in [0.2, 0.25) is 0 Å². The Bertz CT molecular complexity index is 205. The van der Waals surface area contributed by atoms with E-state index in [9.17, 15) is 4.21 Å². The zero-order chi connectivity index (χ0) is 8.32. The van der Waals surface area contributed by atoms with Crippen LogP contribution in [0, 0.1) is 4.78 Å². The summed E-state index contributed by atoms with van der Waals surface area (Å²) in [6.07, 6.45) is 2.57. The molecule has 1 N–H and O–H groups in total. The highest BCUT2D eigenvalue weighted by molar-refractivity contribution is 7.99. The molecule has 0 saturated carbocycles. The Kier molecular flexibility index (Phi) is 3.21. The fourth-order valence-corrected chi connectivity index (χ4v) is 2.99. The maximum absolute atomic E-state index is 11.3. The lowest BCUT2D eigenvalue weighted by molar-refractivity contribution is 0.470. The van der Waals surface area contributed by atoms with Gasteiger partial charge >= 0.3 is 0 Å². The average molecular weight is 194 g/mol. The third-order valence-corrected chi connectivity index (χ3v) is 4.07. The summed E-state index contributed by atoms with van der Waals surface area (Å²) in [7, 11) is -2.43. The van der Waals surface area contributed by atoms with Gasteiger partial charge in [0.05, 0.1) is 0 Å². The Labute approximate surface area is 72.6 Å². The quantitative estimate of drug-likeness (QED) is 0.677. The van der Waals surface area contributed by atoms with Crippen molar-refractivity contribution in [1.29, 1.82) is 4.78 Å². The van der Waals surface area contributed by atoms with Gasteiger partial charge in [-0.2, -0.15) is 11.8 Å². The third kappa shape index (κ3) is 3.01. The van der Waals surface area contributed by atoms with Crippen molar-refractivity contribution >= 4 is 21.7 Å². The van der Waals surface area contributed by atoms with Gasteiger partial charge in [-0.1, -0.05) is 0 Å². The number of rotatable bonds is 1. The first-order valence-electron chi connectivity index (χ1n) is 3.67. The van der Waals surface area contributed by atoms with E-state index in [1.54, 1.807) is 4.31 Å². The lowest BCUT2D eigenvalue weighted by atomic mass is 10.5. The fraction of sp³-hybridized carbons (Fsp3) is 1.00. The molecule has 1 atom stereocenters. The zero-order valence-electron chi connectivity index (χ0n) is 6.71. The second kappa shape index (κ2) is 3.78. The SMILES string of the molecule is CS(=N)(=O)N1CCCSCC1. The molecule has 1 fully saturated rings. The molecule has 11 heavy (non-hydrogen) atoms. The predicted molar refractivity (Wildman–Crippen MR) is 50.3 cm³/mol. The van der Waals surface area contributed by atoms with Crippen molar-refractivity contribution in [3.63, 3.8) is 0 Å². The molecule has 0 aromatic heterocycles. The molecular formula is C6H14N2OS2. The van der Waals surface area contributed by atoms with Gasteiger partial charge in [-0.05, 0) is 12.2 Å². The first kappa shape index (κ1) is 9.35. The van der Waals surface area contributed by atoms with Crippen molar-refractivity contribution in [2.45, 2.75) is 6.42 Å². The topological polar surface area (TPSA) is 44.2 Å². The predicted octanol–water partition coefficient (Wildman–Crippen LogP) is 1.02. The molecule has 3 nitrogen and oxygen atoms in total. The van der Waals surface area contributed by atoms with Crippen LogP contribution >= 0.6 is 11.8 Å². The first-order chi connectivity index (χ1) is 5.11. The van der Waals surface area contributed by atoms with Crippen LogP contribution in [0.5, 0.6) is 0 Å². The van der Waals surface area contributed by atoms with E-state index >= 15 is 0 Å². The van der Waals surface area contributed by atoms with Gasteiger partial charge in [-0.25, -0.2) is 13.3 Å². The minimum Gasteiger partial charge on any atom is -0.240 e. The molecule has 1 aliphatic rings. The highest BCUT2D eigenvalue weighted by atomic mass is 32.2. The Morgan fingerprint density at radius 3 is 2.82 bits per heavy atom. The van der Waals surface area contributed by atoms with Gasteiger partial charge in [-0.15, -0.1) is 0 Å². The summed E-state index contributed by atoms with van der Waals surface area (Å²) in [6, 6.07) is 0. The van der Waals surface area contributed by atoms with Crippen molar-refractivity contribution in [3.05, 3.63) is 0 Å². The van der Waals surface area contributed by atoms with Gasteiger partial charge in [0.1, 0.15) is 9.92 Å². The first-order valence-corrected chi connectivity index (χ1v) is 6.75. The van der Waals surface area contributed by atoms with Crippen LogP contribution in [-0.4, -0.2) is 39.4 Å². The van der Waals surface area contributed by atoms with E-state index in [-0.39, 0.29) is 0 Å². The van der Waals surface area contributed by atoms with Crippen LogP contribution in [0.1, 0.15) is 6.42 Å². The summed E-state index contributed by atoms with van der Waals surface area (Å²) < 4.78 is 20.4. The molecule has 0 aromatic rings. The van der Waals surface area contributed by atoms with Crippen LogP contribution in [0.25, 0.3) is 0 Å². The summed E-state index contributed by atoms with van der Waals surface area (Å²) in [5, 5.41) is 0. The van der Waals surface area contributed by atoms with Crippen molar-refractivity contribution in [1.82, 2.24) is 4.31 Å². The van der Waals surface area contributed by atoms with Gasteiger partial charge in [0, 0.05) is 25.1 Å². The third-order valence-electron chi connectivity index (χ3n) is 1.67. The Morgan fingerprint density at radius 1 is 1.45 bits per heavy atom. The molecule has 5 heteroatoms. The molecule has 66 valence electrons. The summed E-state index contributed by atoms with van der Waals surface area (Å²) in [4.78, 5) is 0. The van der Waals surface area contributed by atoms with Gasteiger partial charge < -0.3 is 0 Å². The maximum atomic E-state index is 11.3. The van der Waals surface area contributed by atoms with E-state index in [0.29, 0.717) is 0 Å². The number of nitrogens with zero attached hydrogens (tertiary/aromatic N) is 1. The zero-order valence-corrected chi connectivity index (χ0v) is 8.34. The summed E-state index contributed by atoms with van der Waals surface area (Å²) in [6.45, 7) is 1.63. The molecule has 1 rings (SSSR count). The number of hydrogen-bond donors (Lipinski definition) is 1. The van der Waals surface area contributed by atoms with Crippen LogP contribution in [-0.2, 0) is 9.92 Å². The molecule has 1 aliphatic heterocycles. The summed E-state index contributed by atoms with van der Waals surface area (Å²) >= 11 is 1.89. The average Bonchev–Trinajstić information content (AvgIpc) is 2.10. The van der Waals surface area contributed by atoms with Crippen LogP contribution in [0.4, 0.5) is 0 Å². The molecule has 0 spiro atoms. The second-order valence-corrected chi connectivity index (χ2v) is 6.04. The van der Waals surface area contributed by atoms with Crippen molar-refractivity contribution in [2.75, 3.05) is 30.9 Å². The minimum absolute atomic E-state index is 0.809. The van der Waals surface area contributed by atoms with Gasteiger partial charge in [0.25, 0.3) is 0 Å². The number of thioether (sulfide) groups is 1. The van der Waals surface area contributed by atoms with E-state index in [1.165, 1.54) is 6.26 Å². The lowest BCUT2D eigenvalue weighted by Crippen LogP contribution is -2.30. The molecule has 0 aliphatic carbocycles. The standard InChI is InChI=1S/C6H14N2OS2/c1-11(7,9)8-3-2-5-10-6-4-8/h7H,2-6H2,1H3. The Balaban J connectivity index is 2.57.